The van der Waals surface area contributed by atoms with Gasteiger partial charge in [-0.25, -0.2) is 8.42 Å². The summed E-state index contributed by atoms with van der Waals surface area (Å²) in [7, 11) is -2.10. The van der Waals surface area contributed by atoms with Crippen LogP contribution in [-0.4, -0.2) is 15.5 Å². The number of thiophene rings is 1. The lowest BCUT2D eigenvalue weighted by Gasteiger charge is -2.09. The second-order valence-electron chi connectivity index (χ2n) is 4.33. The van der Waals surface area contributed by atoms with Gasteiger partial charge in [0.1, 0.15) is 9.96 Å². The quantitative estimate of drug-likeness (QED) is 0.821. The van der Waals surface area contributed by atoms with Gasteiger partial charge in [0.15, 0.2) is 0 Å². The fraction of sp³-hybridized carbons (Fsp3) is 0.231. The molecule has 21 heavy (non-hydrogen) atoms. The molecule has 0 atom stereocenters. The number of rotatable bonds is 5. The normalized spacial score (nSPS) is 11.4. The van der Waals surface area contributed by atoms with Crippen molar-refractivity contribution in [2.75, 3.05) is 11.8 Å². The predicted molar refractivity (Wildman–Crippen MR) is 88.4 cm³/mol. The third-order valence-electron chi connectivity index (χ3n) is 2.85. The van der Waals surface area contributed by atoms with Crippen LogP contribution >= 0.6 is 27.3 Å². The largest absolute Gasteiger partial charge is 0.495 e. The molecule has 1 aromatic heterocycles. The molecular weight excluding hydrogens is 376 g/mol. The Balaban J connectivity index is 2.32. The Kier molecular flexibility index (Phi) is 4.92. The van der Waals surface area contributed by atoms with Crippen molar-refractivity contribution in [1.29, 1.82) is 0 Å². The Morgan fingerprint density at radius 2 is 2.10 bits per heavy atom. The Labute approximate surface area is 136 Å². The standard InChI is InChI=1S/C13H15BrN2O3S2/c1-8-5-13(20-12(8)7-15)21(17,18)16-9-3-4-10(14)11(6-9)19-2/h3-6,16H,7,15H2,1-2H3. The van der Waals surface area contributed by atoms with Crippen LogP contribution < -0.4 is 15.2 Å². The molecule has 5 nitrogen and oxygen atoms in total. The zero-order chi connectivity index (χ0) is 15.6. The number of halogens is 1. The van der Waals surface area contributed by atoms with Gasteiger partial charge in [-0.3, -0.25) is 4.72 Å². The van der Waals surface area contributed by atoms with E-state index in [0.29, 0.717) is 18.0 Å². The highest BCUT2D eigenvalue weighted by molar-refractivity contribution is 9.10. The first-order valence-corrected chi connectivity index (χ1v) is 9.12. The maximum atomic E-state index is 12.4. The van der Waals surface area contributed by atoms with Crippen LogP contribution in [0.5, 0.6) is 5.75 Å². The minimum absolute atomic E-state index is 0.252. The molecule has 1 heterocycles. The number of hydrogen-bond donors (Lipinski definition) is 2. The van der Waals surface area contributed by atoms with Crippen LogP contribution in [0.1, 0.15) is 10.4 Å². The monoisotopic (exact) mass is 390 g/mol. The van der Waals surface area contributed by atoms with Crippen LogP contribution in [-0.2, 0) is 16.6 Å². The molecule has 2 aromatic rings. The topological polar surface area (TPSA) is 81.4 Å². The van der Waals surface area contributed by atoms with Gasteiger partial charge < -0.3 is 10.5 Å². The number of nitrogens with one attached hydrogen (secondary N) is 1. The molecule has 0 aliphatic carbocycles. The molecule has 0 saturated heterocycles. The SMILES string of the molecule is COc1cc(NS(=O)(=O)c2cc(C)c(CN)s2)ccc1Br. The van der Waals surface area contributed by atoms with Crippen LogP contribution in [0.25, 0.3) is 0 Å². The number of hydrogen-bond acceptors (Lipinski definition) is 5. The summed E-state index contributed by atoms with van der Waals surface area (Å²) in [4.78, 5) is 0.865. The third kappa shape index (κ3) is 3.57. The van der Waals surface area contributed by atoms with Crippen molar-refractivity contribution in [3.05, 3.63) is 39.2 Å². The van der Waals surface area contributed by atoms with Gasteiger partial charge in [0.25, 0.3) is 10.0 Å². The van der Waals surface area contributed by atoms with Gasteiger partial charge in [-0.15, -0.1) is 11.3 Å². The van der Waals surface area contributed by atoms with Crippen molar-refractivity contribution in [3.8, 4) is 5.75 Å². The van der Waals surface area contributed by atoms with Gasteiger partial charge in [0.05, 0.1) is 17.3 Å². The molecule has 2 rings (SSSR count). The fourth-order valence-electron chi connectivity index (χ4n) is 1.75. The van der Waals surface area contributed by atoms with E-state index in [1.807, 2.05) is 6.92 Å². The van der Waals surface area contributed by atoms with Crippen molar-refractivity contribution in [3.63, 3.8) is 0 Å². The zero-order valence-electron chi connectivity index (χ0n) is 11.5. The van der Waals surface area contributed by atoms with Crippen LogP contribution in [0.3, 0.4) is 0 Å². The Morgan fingerprint density at radius 3 is 2.67 bits per heavy atom. The molecule has 0 spiro atoms. The summed E-state index contributed by atoms with van der Waals surface area (Å²) in [5.74, 6) is 0.556. The van der Waals surface area contributed by atoms with E-state index >= 15 is 0 Å². The third-order valence-corrected chi connectivity index (χ3v) is 6.62. The van der Waals surface area contributed by atoms with Crippen molar-refractivity contribution in [1.82, 2.24) is 0 Å². The lowest BCUT2D eigenvalue weighted by Crippen LogP contribution is -2.11. The Bertz CT molecular complexity index is 757. The summed E-state index contributed by atoms with van der Waals surface area (Å²) in [5, 5.41) is 0. The zero-order valence-corrected chi connectivity index (χ0v) is 14.7. The first-order chi connectivity index (χ1) is 9.87. The number of aryl methyl sites for hydroxylation is 1. The molecule has 0 bridgehead atoms. The van der Waals surface area contributed by atoms with Crippen molar-refractivity contribution in [2.24, 2.45) is 5.73 Å². The second kappa shape index (κ2) is 6.35. The summed E-state index contributed by atoms with van der Waals surface area (Å²) in [6, 6.07) is 6.63. The van der Waals surface area contributed by atoms with Gasteiger partial charge >= 0.3 is 0 Å². The lowest BCUT2D eigenvalue weighted by molar-refractivity contribution is 0.412. The molecule has 0 aliphatic heterocycles. The van der Waals surface area contributed by atoms with E-state index in [1.54, 1.807) is 24.3 Å². The molecule has 0 unspecified atom stereocenters. The van der Waals surface area contributed by atoms with Crippen LogP contribution in [0, 0.1) is 6.92 Å². The van der Waals surface area contributed by atoms with Gasteiger partial charge in [-0.2, -0.15) is 0 Å². The van der Waals surface area contributed by atoms with E-state index in [0.717, 1.165) is 14.9 Å². The van der Waals surface area contributed by atoms with E-state index in [9.17, 15) is 8.42 Å². The highest BCUT2D eigenvalue weighted by Crippen LogP contribution is 2.31. The van der Waals surface area contributed by atoms with Crippen molar-refractivity contribution in [2.45, 2.75) is 17.7 Å². The van der Waals surface area contributed by atoms with Crippen LogP contribution in [0.15, 0.2) is 32.9 Å². The summed E-state index contributed by atoms with van der Waals surface area (Å²) in [6.45, 7) is 2.18. The number of anilines is 1. The van der Waals surface area contributed by atoms with Crippen LogP contribution in [0.2, 0.25) is 0 Å². The Morgan fingerprint density at radius 1 is 1.38 bits per heavy atom. The van der Waals surface area contributed by atoms with E-state index < -0.39 is 10.0 Å². The number of benzene rings is 1. The van der Waals surface area contributed by atoms with E-state index in [2.05, 4.69) is 20.7 Å². The first kappa shape index (κ1) is 16.3. The predicted octanol–water partition coefficient (Wildman–Crippen LogP) is 3.09. The van der Waals surface area contributed by atoms with E-state index in [-0.39, 0.29) is 4.21 Å². The molecule has 1 aromatic carbocycles. The average Bonchev–Trinajstić information content (AvgIpc) is 2.82. The minimum Gasteiger partial charge on any atom is -0.495 e. The molecule has 0 saturated carbocycles. The van der Waals surface area contributed by atoms with Gasteiger partial charge in [-0.05, 0) is 46.6 Å². The minimum atomic E-state index is -3.62. The fourth-order valence-corrected chi connectivity index (χ4v) is 4.68. The van der Waals surface area contributed by atoms with E-state index in [1.165, 1.54) is 18.4 Å². The van der Waals surface area contributed by atoms with E-state index in [4.69, 9.17) is 10.5 Å². The van der Waals surface area contributed by atoms with Crippen molar-refractivity contribution < 1.29 is 13.2 Å². The Hall–Kier alpha value is -1.09. The molecule has 0 radical (unpaired) electrons. The number of sulfonamides is 1. The number of nitrogens with two attached hydrogens (primary N) is 1. The maximum absolute atomic E-state index is 12.4. The number of ether oxygens (including phenoxy) is 1. The lowest BCUT2D eigenvalue weighted by atomic mass is 10.3. The highest BCUT2D eigenvalue weighted by Gasteiger charge is 2.19. The molecule has 0 aliphatic rings. The summed E-state index contributed by atoms with van der Waals surface area (Å²) in [5.41, 5.74) is 6.91. The summed E-state index contributed by atoms with van der Waals surface area (Å²) in [6.07, 6.45) is 0. The molecule has 0 fully saturated rings. The molecular formula is C13H15BrN2O3S2. The summed E-state index contributed by atoms with van der Waals surface area (Å²) < 4.78 is 33.4. The molecule has 114 valence electrons. The number of methoxy groups -OCH3 is 1. The van der Waals surface area contributed by atoms with Gasteiger partial charge in [0.2, 0.25) is 0 Å². The maximum Gasteiger partial charge on any atom is 0.271 e. The van der Waals surface area contributed by atoms with Gasteiger partial charge in [0, 0.05) is 17.5 Å². The summed E-state index contributed by atoms with van der Waals surface area (Å²) >= 11 is 4.51. The second-order valence-corrected chi connectivity index (χ2v) is 8.23. The average molecular weight is 391 g/mol. The molecule has 3 N–H and O–H groups in total. The molecule has 0 amide bonds. The van der Waals surface area contributed by atoms with Crippen LogP contribution in [0.4, 0.5) is 5.69 Å². The first-order valence-electron chi connectivity index (χ1n) is 6.03. The smallest absolute Gasteiger partial charge is 0.271 e. The van der Waals surface area contributed by atoms with Gasteiger partial charge in [-0.1, -0.05) is 0 Å². The highest BCUT2D eigenvalue weighted by atomic mass is 79.9. The van der Waals surface area contributed by atoms with Crippen molar-refractivity contribution >= 4 is 43.0 Å². The molecule has 8 heteroatoms.